The Hall–Kier alpha value is -1.89. The molecular weight excluding hydrogens is 318 g/mol. The summed E-state index contributed by atoms with van der Waals surface area (Å²) in [5.41, 5.74) is 0.507. The molecule has 0 radical (unpaired) electrons. The molecule has 0 spiro atoms. The Morgan fingerprint density at radius 2 is 2.13 bits per heavy atom. The van der Waals surface area contributed by atoms with Crippen molar-refractivity contribution in [1.29, 1.82) is 0 Å². The first-order valence-electron chi connectivity index (χ1n) is 7.56. The second-order valence-corrected chi connectivity index (χ2v) is 8.12. The van der Waals surface area contributed by atoms with E-state index in [0.717, 1.165) is 0 Å². The Morgan fingerprint density at radius 1 is 1.39 bits per heavy atom. The van der Waals surface area contributed by atoms with Crippen molar-refractivity contribution in [2.24, 2.45) is 0 Å². The molecule has 1 aromatic rings. The number of carbonyl (C=O) groups excluding carboxylic acids is 2. The molecule has 1 saturated heterocycles. The van der Waals surface area contributed by atoms with Gasteiger partial charge in [0.2, 0.25) is 0 Å². The maximum Gasteiger partial charge on any atom is 0.260 e. The number of nitrogens with one attached hydrogen (secondary N) is 1. The molecule has 1 aliphatic heterocycles. The molecule has 126 valence electrons. The van der Waals surface area contributed by atoms with Crippen LogP contribution >= 0.6 is 0 Å². The molecule has 0 bridgehead atoms. The van der Waals surface area contributed by atoms with Gasteiger partial charge in [-0.05, 0) is 38.8 Å². The Balaban J connectivity index is 1.90. The Labute approximate surface area is 136 Å². The van der Waals surface area contributed by atoms with Crippen molar-refractivity contribution in [3.8, 4) is 5.75 Å². The van der Waals surface area contributed by atoms with Gasteiger partial charge < -0.3 is 10.1 Å². The number of rotatable bonds is 6. The summed E-state index contributed by atoms with van der Waals surface area (Å²) in [4.78, 5) is 23.4. The van der Waals surface area contributed by atoms with Crippen LogP contribution in [0.15, 0.2) is 24.3 Å². The van der Waals surface area contributed by atoms with Crippen LogP contribution in [0.3, 0.4) is 0 Å². The number of benzene rings is 1. The first-order chi connectivity index (χ1) is 10.8. The molecular formula is C16H21NO5S. The quantitative estimate of drug-likeness (QED) is 0.790. The topological polar surface area (TPSA) is 89.5 Å². The summed E-state index contributed by atoms with van der Waals surface area (Å²) in [6.45, 7) is 3.15. The fourth-order valence-electron chi connectivity index (χ4n) is 2.49. The van der Waals surface area contributed by atoms with Crippen LogP contribution in [0, 0.1) is 0 Å². The van der Waals surface area contributed by atoms with E-state index in [1.165, 1.54) is 6.92 Å². The normalized spacial score (nSPS) is 20.7. The van der Waals surface area contributed by atoms with E-state index in [-0.39, 0.29) is 24.0 Å². The van der Waals surface area contributed by atoms with E-state index >= 15 is 0 Å². The molecule has 0 aliphatic carbocycles. The van der Waals surface area contributed by atoms with Crippen LogP contribution < -0.4 is 10.1 Å². The first-order valence-corrected chi connectivity index (χ1v) is 9.28. The molecule has 7 heteroatoms. The lowest BCUT2D eigenvalue weighted by molar-refractivity contribution is -0.127. The summed E-state index contributed by atoms with van der Waals surface area (Å²) < 4.78 is 29.0. The molecule has 2 atom stereocenters. The number of carbonyl (C=O) groups is 2. The van der Waals surface area contributed by atoms with Gasteiger partial charge in [0.15, 0.2) is 21.7 Å². The van der Waals surface area contributed by atoms with Crippen molar-refractivity contribution in [2.75, 3.05) is 12.3 Å². The zero-order chi connectivity index (χ0) is 17.0. The van der Waals surface area contributed by atoms with Crippen molar-refractivity contribution in [3.63, 3.8) is 0 Å². The fourth-order valence-corrected chi connectivity index (χ4v) is 4.26. The monoisotopic (exact) mass is 339 g/mol. The summed E-state index contributed by atoms with van der Waals surface area (Å²) in [6.07, 6.45) is 0.451. The predicted molar refractivity (Wildman–Crippen MR) is 86.4 cm³/mol. The molecule has 1 heterocycles. The highest BCUT2D eigenvalue weighted by molar-refractivity contribution is 7.92. The van der Waals surface area contributed by atoms with Crippen LogP contribution in [0.25, 0.3) is 0 Å². The second-order valence-electron chi connectivity index (χ2n) is 5.72. The van der Waals surface area contributed by atoms with E-state index in [9.17, 15) is 18.0 Å². The van der Waals surface area contributed by atoms with Gasteiger partial charge in [0.1, 0.15) is 5.75 Å². The Bertz CT molecular complexity index is 698. The number of hydrogen-bond acceptors (Lipinski definition) is 5. The molecule has 1 fully saturated rings. The van der Waals surface area contributed by atoms with Gasteiger partial charge in [0, 0.05) is 12.1 Å². The fraction of sp³-hybridized carbons (Fsp3) is 0.500. The molecule has 1 N–H and O–H groups in total. The van der Waals surface area contributed by atoms with Crippen molar-refractivity contribution in [3.05, 3.63) is 29.8 Å². The summed E-state index contributed by atoms with van der Waals surface area (Å²) in [6, 6.07) is 6.60. The average molecular weight is 339 g/mol. The minimum atomic E-state index is -3.08. The van der Waals surface area contributed by atoms with Gasteiger partial charge in [-0.15, -0.1) is 0 Å². The van der Waals surface area contributed by atoms with E-state index in [2.05, 4.69) is 5.32 Å². The largest absolute Gasteiger partial charge is 0.481 e. The molecule has 1 aromatic carbocycles. The highest BCUT2D eigenvalue weighted by Gasteiger charge is 2.31. The van der Waals surface area contributed by atoms with Crippen LogP contribution in [-0.4, -0.2) is 43.8 Å². The third-order valence-electron chi connectivity index (χ3n) is 3.89. The molecule has 23 heavy (non-hydrogen) atoms. The van der Waals surface area contributed by atoms with Gasteiger partial charge in [-0.1, -0.05) is 12.1 Å². The summed E-state index contributed by atoms with van der Waals surface area (Å²) in [7, 11) is -3.08. The summed E-state index contributed by atoms with van der Waals surface area (Å²) in [5.74, 6) is 0.158. The molecule has 2 rings (SSSR count). The summed E-state index contributed by atoms with van der Waals surface area (Å²) >= 11 is 0. The number of amides is 1. The lowest BCUT2D eigenvalue weighted by atomic mass is 10.1. The molecule has 6 nitrogen and oxygen atoms in total. The zero-order valence-electron chi connectivity index (χ0n) is 13.2. The maximum atomic E-state index is 12.0. The van der Waals surface area contributed by atoms with E-state index in [1.54, 1.807) is 31.2 Å². The smallest absolute Gasteiger partial charge is 0.260 e. The van der Waals surface area contributed by atoms with Crippen LogP contribution in [0.1, 0.15) is 37.0 Å². The predicted octanol–water partition coefficient (Wildman–Crippen LogP) is 1.35. The van der Waals surface area contributed by atoms with Crippen molar-refractivity contribution in [2.45, 2.75) is 38.0 Å². The highest BCUT2D eigenvalue weighted by atomic mass is 32.2. The van der Waals surface area contributed by atoms with E-state index in [4.69, 9.17) is 4.74 Å². The zero-order valence-corrected chi connectivity index (χ0v) is 14.1. The van der Waals surface area contributed by atoms with E-state index in [1.807, 2.05) is 0 Å². The number of sulfone groups is 1. The van der Waals surface area contributed by atoms with Gasteiger partial charge in [-0.25, -0.2) is 8.42 Å². The van der Waals surface area contributed by atoms with Crippen LogP contribution in [0.4, 0.5) is 0 Å². The van der Waals surface area contributed by atoms with Crippen LogP contribution in [0.2, 0.25) is 0 Å². The highest BCUT2D eigenvalue weighted by Crippen LogP contribution is 2.19. The lowest BCUT2D eigenvalue weighted by Crippen LogP contribution is -2.41. The molecule has 1 amide bonds. The minimum absolute atomic E-state index is 0.0843. The van der Waals surface area contributed by atoms with E-state index in [0.29, 0.717) is 24.2 Å². The molecule has 0 aromatic heterocycles. The number of Topliss-reactive ketones (excluding diaryl/α,β-unsaturated/α-hetero) is 1. The second kappa shape index (κ2) is 7.12. The minimum Gasteiger partial charge on any atom is -0.481 e. The third kappa shape index (κ3) is 4.54. The number of hydrogen-bond donors (Lipinski definition) is 1. The standard InChI is InChI=1S/C16H21NO5S/c1-11(18)13-5-3-6-14(9-13)22-12(2)16(19)17-10-15-7-4-8-23(15,20)21/h3,5-6,9,12,15H,4,7-8,10H2,1-2H3,(H,17,19). The van der Waals surface area contributed by atoms with Gasteiger partial charge in [-0.2, -0.15) is 0 Å². The molecule has 0 saturated carbocycles. The maximum absolute atomic E-state index is 12.0. The lowest BCUT2D eigenvalue weighted by Gasteiger charge is -2.16. The summed E-state index contributed by atoms with van der Waals surface area (Å²) in [5, 5.41) is 2.13. The Kier molecular flexibility index (Phi) is 5.41. The van der Waals surface area contributed by atoms with Crippen LogP contribution in [0.5, 0.6) is 5.75 Å². The average Bonchev–Trinajstić information content (AvgIpc) is 2.83. The number of ketones is 1. The Morgan fingerprint density at radius 3 is 2.74 bits per heavy atom. The van der Waals surface area contributed by atoms with Gasteiger partial charge in [0.25, 0.3) is 5.91 Å². The van der Waals surface area contributed by atoms with Crippen LogP contribution in [-0.2, 0) is 14.6 Å². The first kappa shape index (κ1) is 17.5. The SMILES string of the molecule is CC(=O)c1cccc(OC(C)C(=O)NCC2CCCS2(=O)=O)c1. The van der Waals surface area contributed by atoms with Gasteiger partial charge >= 0.3 is 0 Å². The van der Waals surface area contributed by atoms with Crippen molar-refractivity contribution < 1.29 is 22.7 Å². The number of ether oxygens (including phenoxy) is 1. The van der Waals surface area contributed by atoms with Gasteiger partial charge in [0.05, 0.1) is 11.0 Å². The van der Waals surface area contributed by atoms with Crippen molar-refractivity contribution in [1.82, 2.24) is 5.32 Å². The van der Waals surface area contributed by atoms with E-state index < -0.39 is 21.2 Å². The molecule has 1 aliphatic rings. The molecule has 2 unspecified atom stereocenters. The van der Waals surface area contributed by atoms with Crippen molar-refractivity contribution >= 4 is 21.5 Å². The third-order valence-corrected chi connectivity index (χ3v) is 6.17. The van der Waals surface area contributed by atoms with Gasteiger partial charge in [-0.3, -0.25) is 9.59 Å².